The van der Waals surface area contributed by atoms with Crippen molar-refractivity contribution in [1.29, 1.82) is 0 Å². The van der Waals surface area contributed by atoms with E-state index in [-0.39, 0.29) is 25.5 Å². The molecule has 0 spiro atoms. The molecule has 130 valence electrons. The van der Waals surface area contributed by atoms with Crippen molar-refractivity contribution in [2.75, 3.05) is 34.0 Å². The first-order valence-electron chi connectivity index (χ1n) is 7.69. The van der Waals surface area contributed by atoms with Crippen molar-refractivity contribution in [3.05, 3.63) is 23.8 Å². The van der Waals surface area contributed by atoms with Crippen molar-refractivity contribution in [3.63, 3.8) is 0 Å². The van der Waals surface area contributed by atoms with E-state index in [4.69, 9.17) is 14.2 Å². The molecule has 6 heteroatoms. The highest BCUT2D eigenvalue weighted by molar-refractivity contribution is 5.78. The summed E-state index contributed by atoms with van der Waals surface area (Å²) in [6.45, 7) is 5.06. The molecule has 0 aromatic heterocycles. The van der Waals surface area contributed by atoms with Gasteiger partial charge in [-0.05, 0) is 23.6 Å². The molecule has 0 radical (unpaired) electrons. The van der Waals surface area contributed by atoms with Crippen LogP contribution in [0.3, 0.4) is 0 Å². The van der Waals surface area contributed by atoms with E-state index in [1.165, 1.54) is 0 Å². The van der Waals surface area contributed by atoms with E-state index in [0.29, 0.717) is 24.0 Å². The molecule has 23 heavy (non-hydrogen) atoms. The minimum absolute atomic E-state index is 0.167. The van der Waals surface area contributed by atoms with Crippen molar-refractivity contribution in [2.45, 2.75) is 26.4 Å². The third kappa shape index (κ3) is 7.34. The van der Waals surface area contributed by atoms with Crippen LogP contribution in [0.15, 0.2) is 18.2 Å². The lowest BCUT2D eigenvalue weighted by atomic mass is 10.1. The molecule has 0 heterocycles. The highest BCUT2D eigenvalue weighted by Gasteiger charge is 2.10. The number of carbonyl (C=O) groups is 1. The Hall–Kier alpha value is -1.79. The number of methoxy groups -OCH3 is 2. The van der Waals surface area contributed by atoms with Crippen LogP contribution < -0.4 is 14.8 Å². The quantitative estimate of drug-likeness (QED) is 0.680. The Bertz CT molecular complexity index is 490. The smallest absolute Gasteiger partial charge is 0.224 e. The molecule has 0 fully saturated rings. The summed E-state index contributed by atoms with van der Waals surface area (Å²) in [4.78, 5) is 11.9. The maximum Gasteiger partial charge on any atom is 0.224 e. The molecular weight excluding hydrogens is 298 g/mol. The monoisotopic (exact) mass is 325 g/mol. The number of amides is 1. The molecule has 1 aromatic carbocycles. The van der Waals surface area contributed by atoms with Gasteiger partial charge in [0.1, 0.15) is 0 Å². The number of hydrogen-bond acceptors (Lipinski definition) is 5. The van der Waals surface area contributed by atoms with Crippen LogP contribution in [-0.4, -0.2) is 51.1 Å². The third-order valence-corrected chi connectivity index (χ3v) is 3.11. The number of benzene rings is 1. The number of rotatable bonds is 10. The van der Waals surface area contributed by atoms with E-state index in [1.54, 1.807) is 26.4 Å². The number of aliphatic hydroxyl groups excluding tert-OH is 1. The van der Waals surface area contributed by atoms with Gasteiger partial charge in [-0.25, -0.2) is 0 Å². The molecule has 0 aliphatic heterocycles. The molecular formula is C17H27NO5. The average molecular weight is 325 g/mol. The maximum atomic E-state index is 11.9. The molecule has 1 atom stereocenters. The van der Waals surface area contributed by atoms with Crippen LogP contribution in [-0.2, 0) is 16.0 Å². The van der Waals surface area contributed by atoms with E-state index in [9.17, 15) is 9.90 Å². The van der Waals surface area contributed by atoms with Gasteiger partial charge in [-0.1, -0.05) is 19.9 Å². The SMILES string of the molecule is COc1ccc(CC(=O)NC[C@@H](O)COCC(C)C)cc1OC. The molecule has 0 bridgehead atoms. The van der Waals surface area contributed by atoms with Crippen molar-refractivity contribution in [3.8, 4) is 11.5 Å². The number of nitrogens with one attached hydrogen (secondary N) is 1. The Morgan fingerprint density at radius 1 is 1.17 bits per heavy atom. The number of ether oxygens (including phenoxy) is 3. The van der Waals surface area contributed by atoms with Gasteiger partial charge in [-0.3, -0.25) is 4.79 Å². The van der Waals surface area contributed by atoms with Crippen molar-refractivity contribution in [2.24, 2.45) is 5.92 Å². The fourth-order valence-corrected chi connectivity index (χ4v) is 1.97. The summed E-state index contributed by atoms with van der Waals surface area (Å²) in [6.07, 6.45) is -0.497. The lowest BCUT2D eigenvalue weighted by Crippen LogP contribution is -2.35. The number of aliphatic hydroxyl groups is 1. The van der Waals surface area contributed by atoms with Gasteiger partial charge in [0.15, 0.2) is 11.5 Å². The number of carbonyl (C=O) groups excluding carboxylic acids is 1. The van der Waals surface area contributed by atoms with E-state index in [0.717, 1.165) is 5.56 Å². The van der Waals surface area contributed by atoms with Crippen LogP contribution >= 0.6 is 0 Å². The molecule has 0 saturated heterocycles. The molecule has 1 amide bonds. The van der Waals surface area contributed by atoms with Gasteiger partial charge in [-0.15, -0.1) is 0 Å². The predicted octanol–water partition coefficient (Wildman–Crippen LogP) is 1.40. The zero-order valence-corrected chi connectivity index (χ0v) is 14.3. The Morgan fingerprint density at radius 3 is 2.48 bits per heavy atom. The normalized spacial score (nSPS) is 12.1. The Morgan fingerprint density at radius 2 is 1.87 bits per heavy atom. The summed E-state index contributed by atoms with van der Waals surface area (Å²) >= 11 is 0. The first kappa shape index (κ1) is 19.3. The Balaban J connectivity index is 2.39. The predicted molar refractivity (Wildman–Crippen MR) is 87.9 cm³/mol. The molecule has 2 N–H and O–H groups in total. The van der Waals surface area contributed by atoms with Crippen LogP contribution in [0.25, 0.3) is 0 Å². The second-order valence-electron chi connectivity index (χ2n) is 5.76. The van der Waals surface area contributed by atoms with Crippen LogP contribution in [0.1, 0.15) is 19.4 Å². The Kier molecular flexibility index (Phi) is 8.43. The van der Waals surface area contributed by atoms with Gasteiger partial charge in [0.25, 0.3) is 0 Å². The van der Waals surface area contributed by atoms with Gasteiger partial charge in [0.05, 0.1) is 33.4 Å². The first-order valence-corrected chi connectivity index (χ1v) is 7.69. The lowest BCUT2D eigenvalue weighted by Gasteiger charge is -2.14. The molecule has 1 aromatic rings. The molecule has 1 rings (SSSR count). The molecule has 0 saturated carbocycles. The summed E-state index contributed by atoms with van der Waals surface area (Å²) in [7, 11) is 3.11. The van der Waals surface area contributed by atoms with Crippen molar-refractivity contribution >= 4 is 5.91 Å². The van der Waals surface area contributed by atoms with E-state index in [2.05, 4.69) is 5.32 Å². The van der Waals surface area contributed by atoms with Gasteiger partial charge < -0.3 is 24.6 Å². The second-order valence-corrected chi connectivity index (χ2v) is 5.76. The summed E-state index contributed by atoms with van der Waals surface area (Å²) < 4.78 is 15.7. The zero-order chi connectivity index (χ0) is 17.2. The van der Waals surface area contributed by atoms with E-state index >= 15 is 0 Å². The highest BCUT2D eigenvalue weighted by atomic mass is 16.5. The van der Waals surface area contributed by atoms with Gasteiger partial charge in [-0.2, -0.15) is 0 Å². The minimum atomic E-state index is -0.705. The highest BCUT2D eigenvalue weighted by Crippen LogP contribution is 2.27. The zero-order valence-electron chi connectivity index (χ0n) is 14.3. The molecule has 0 aliphatic rings. The third-order valence-electron chi connectivity index (χ3n) is 3.11. The van der Waals surface area contributed by atoms with Gasteiger partial charge in [0, 0.05) is 13.2 Å². The molecule has 0 unspecified atom stereocenters. The fraction of sp³-hybridized carbons (Fsp3) is 0.588. The van der Waals surface area contributed by atoms with Crippen LogP contribution in [0, 0.1) is 5.92 Å². The maximum absolute atomic E-state index is 11.9. The van der Waals surface area contributed by atoms with E-state index in [1.807, 2.05) is 19.9 Å². The molecule has 6 nitrogen and oxygen atoms in total. The second kappa shape index (κ2) is 10.1. The van der Waals surface area contributed by atoms with Gasteiger partial charge in [0.2, 0.25) is 5.91 Å². The van der Waals surface area contributed by atoms with E-state index < -0.39 is 6.10 Å². The van der Waals surface area contributed by atoms with Crippen LogP contribution in [0.4, 0.5) is 0 Å². The number of hydrogen-bond donors (Lipinski definition) is 2. The minimum Gasteiger partial charge on any atom is -0.493 e. The summed E-state index contributed by atoms with van der Waals surface area (Å²) in [5, 5.41) is 12.4. The standard InChI is InChI=1S/C17H27NO5/c1-12(2)10-23-11-14(19)9-18-17(20)8-13-5-6-15(21-3)16(7-13)22-4/h5-7,12,14,19H,8-11H2,1-4H3,(H,18,20)/t14-/m1/s1. The average Bonchev–Trinajstić information content (AvgIpc) is 2.52. The summed E-state index contributed by atoms with van der Waals surface area (Å²) in [6, 6.07) is 5.33. The fourth-order valence-electron chi connectivity index (χ4n) is 1.97. The molecule has 0 aliphatic carbocycles. The first-order chi connectivity index (χ1) is 11.0. The van der Waals surface area contributed by atoms with Crippen LogP contribution in [0.2, 0.25) is 0 Å². The Labute approximate surface area is 137 Å². The topological polar surface area (TPSA) is 77.0 Å². The van der Waals surface area contributed by atoms with Crippen molar-refractivity contribution < 1.29 is 24.1 Å². The summed E-state index contributed by atoms with van der Waals surface area (Å²) in [5.74, 6) is 1.45. The van der Waals surface area contributed by atoms with Crippen molar-refractivity contribution in [1.82, 2.24) is 5.32 Å². The lowest BCUT2D eigenvalue weighted by molar-refractivity contribution is -0.121. The van der Waals surface area contributed by atoms with Crippen LogP contribution in [0.5, 0.6) is 11.5 Å². The largest absolute Gasteiger partial charge is 0.493 e. The summed E-state index contributed by atoms with van der Waals surface area (Å²) in [5.41, 5.74) is 0.811. The van der Waals surface area contributed by atoms with Gasteiger partial charge >= 0.3 is 0 Å².